The van der Waals surface area contributed by atoms with Crippen LogP contribution in [0.4, 0.5) is 5.69 Å². The normalized spacial score (nSPS) is 13.2. The van der Waals surface area contributed by atoms with Crippen molar-refractivity contribution in [2.75, 3.05) is 19.0 Å². The molecule has 0 aliphatic carbocycles. The third kappa shape index (κ3) is 5.06. The molecular formula is C25H25N3O4. The molecule has 1 aliphatic heterocycles. The van der Waals surface area contributed by atoms with Crippen LogP contribution in [0.15, 0.2) is 60.8 Å². The van der Waals surface area contributed by atoms with E-state index in [1.165, 1.54) is 0 Å². The number of hydrogen-bond acceptors (Lipinski definition) is 5. The lowest BCUT2D eigenvalue weighted by Gasteiger charge is -2.16. The Morgan fingerprint density at radius 1 is 1.12 bits per heavy atom. The number of methoxy groups -OCH3 is 1. The molecule has 1 N–H and O–H groups in total. The Kier molecular flexibility index (Phi) is 6.35. The van der Waals surface area contributed by atoms with Crippen LogP contribution < -0.4 is 14.8 Å². The number of benzene rings is 2. The summed E-state index contributed by atoms with van der Waals surface area (Å²) in [5.74, 6) is 1.50. The molecule has 2 amide bonds. The number of amides is 2. The highest BCUT2D eigenvalue weighted by Crippen LogP contribution is 2.31. The number of carbonyl (C=O) groups excluding carboxylic acids is 2. The van der Waals surface area contributed by atoms with Gasteiger partial charge in [0, 0.05) is 31.1 Å². The van der Waals surface area contributed by atoms with Crippen LogP contribution in [0.1, 0.15) is 34.3 Å². The van der Waals surface area contributed by atoms with Crippen LogP contribution in [0.5, 0.6) is 17.4 Å². The Morgan fingerprint density at radius 2 is 2.00 bits per heavy atom. The minimum absolute atomic E-state index is 0.163. The number of aromatic nitrogens is 1. The van der Waals surface area contributed by atoms with Gasteiger partial charge in [0.25, 0.3) is 5.91 Å². The molecule has 1 aromatic heterocycles. The van der Waals surface area contributed by atoms with Gasteiger partial charge in [-0.05, 0) is 54.8 Å². The number of rotatable bonds is 7. The molecule has 2 heterocycles. The van der Waals surface area contributed by atoms with E-state index in [1.807, 2.05) is 48.2 Å². The fourth-order valence-electron chi connectivity index (χ4n) is 3.59. The van der Waals surface area contributed by atoms with E-state index in [4.69, 9.17) is 9.47 Å². The first kappa shape index (κ1) is 21.4. The minimum atomic E-state index is -0.240. The Labute approximate surface area is 187 Å². The van der Waals surface area contributed by atoms with Crippen molar-refractivity contribution in [2.24, 2.45) is 0 Å². The molecule has 1 fully saturated rings. The van der Waals surface area contributed by atoms with Crippen molar-refractivity contribution in [1.82, 2.24) is 9.88 Å². The lowest BCUT2D eigenvalue weighted by molar-refractivity contribution is -0.128. The summed E-state index contributed by atoms with van der Waals surface area (Å²) in [6.45, 7) is 3.27. The van der Waals surface area contributed by atoms with Gasteiger partial charge >= 0.3 is 0 Å². The minimum Gasteiger partial charge on any atom is -0.493 e. The van der Waals surface area contributed by atoms with Gasteiger partial charge in [0.05, 0.1) is 19.0 Å². The van der Waals surface area contributed by atoms with Crippen LogP contribution in [0.25, 0.3) is 0 Å². The second-order valence-electron chi connectivity index (χ2n) is 7.71. The average molecular weight is 431 g/mol. The van der Waals surface area contributed by atoms with Crippen molar-refractivity contribution in [3.8, 4) is 17.4 Å². The number of nitrogens with zero attached hydrogens (tertiary/aromatic N) is 2. The fourth-order valence-corrected chi connectivity index (χ4v) is 3.59. The van der Waals surface area contributed by atoms with Crippen molar-refractivity contribution in [3.63, 3.8) is 0 Å². The van der Waals surface area contributed by atoms with Crippen molar-refractivity contribution in [2.45, 2.75) is 26.3 Å². The summed E-state index contributed by atoms with van der Waals surface area (Å²) in [5.41, 5.74) is 3.08. The molecule has 164 valence electrons. The highest BCUT2D eigenvalue weighted by atomic mass is 16.5. The highest BCUT2D eigenvalue weighted by Gasteiger charge is 2.20. The third-order valence-corrected chi connectivity index (χ3v) is 5.26. The highest BCUT2D eigenvalue weighted by molar-refractivity contribution is 6.04. The summed E-state index contributed by atoms with van der Waals surface area (Å²) in [4.78, 5) is 30.6. The topological polar surface area (TPSA) is 80.8 Å². The van der Waals surface area contributed by atoms with Crippen LogP contribution in [0, 0.1) is 6.92 Å². The van der Waals surface area contributed by atoms with E-state index in [0.29, 0.717) is 41.6 Å². The van der Waals surface area contributed by atoms with Gasteiger partial charge in [0.2, 0.25) is 11.8 Å². The Bertz CT molecular complexity index is 1130. The van der Waals surface area contributed by atoms with Gasteiger partial charge in [0.15, 0.2) is 11.5 Å². The smallest absolute Gasteiger partial charge is 0.255 e. The van der Waals surface area contributed by atoms with Gasteiger partial charge in [-0.1, -0.05) is 18.2 Å². The largest absolute Gasteiger partial charge is 0.493 e. The predicted octanol–water partition coefficient (Wildman–Crippen LogP) is 4.57. The number of hydrogen-bond donors (Lipinski definition) is 1. The molecule has 1 aliphatic rings. The van der Waals surface area contributed by atoms with Gasteiger partial charge < -0.3 is 19.7 Å². The maximum atomic E-state index is 12.7. The molecule has 7 heteroatoms. The summed E-state index contributed by atoms with van der Waals surface area (Å²) < 4.78 is 11.2. The van der Waals surface area contributed by atoms with Gasteiger partial charge in [-0.15, -0.1) is 0 Å². The first-order valence-corrected chi connectivity index (χ1v) is 10.5. The number of ether oxygens (including phenoxy) is 2. The molecule has 0 bridgehead atoms. The number of aryl methyl sites for hydroxylation is 1. The number of nitrogens with one attached hydrogen (secondary N) is 1. The Morgan fingerprint density at radius 3 is 2.72 bits per heavy atom. The summed E-state index contributed by atoms with van der Waals surface area (Å²) in [6.07, 6.45) is 3.03. The first-order valence-electron chi connectivity index (χ1n) is 10.5. The van der Waals surface area contributed by atoms with Crippen LogP contribution in [-0.4, -0.2) is 35.4 Å². The molecule has 32 heavy (non-hydrogen) atoms. The number of likely N-dealkylation sites (tertiary alicyclic amines) is 1. The molecule has 0 atom stereocenters. The van der Waals surface area contributed by atoms with E-state index >= 15 is 0 Å². The van der Waals surface area contributed by atoms with Gasteiger partial charge in [-0.2, -0.15) is 0 Å². The molecule has 2 aromatic carbocycles. The van der Waals surface area contributed by atoms with Crippen molar-refractivity contribution in [3.05, 3.63) is 77.5 Å². The molecule has 3 aromatic rings. The van der Waals surface area contributed by atoms with Crippen molar-refractivity contribution >= 4 is 17.5 Å². The Balaban J connectivity index is 1.40. The fraction of sp³-hybridized carbons (Fsp3) is 0.240. The number of pyridine rings is 1. The molecule has 0 saturated carbocycles. The van der Waals surface area contributed by atoms with Crippen LogP contribution in [-0.2, 0) is 11.3 Å². The lowest BCUT2D eigenvalue weighted by Crippen LogP contribution is -2.24. The Hall–Kier alpha value is -3.87. The van der Waals surface area contributed by atoms with Crippen LogP contribution >= 0.6 is 0 Å². The van der Waals surface area contributed by atoms with E-state index in [0.717, 1.165) is 24.1 Å². The zero-order valence-electron chi connectivity index (χ0n) is 18.1. The first-order chi connectivity index (χ1) is 15.5. The summed E-state index contributed by atoms with van der Waals surface area (Å²) in [7, 11) is 1.59. The summed E-state index contributed by atoms with van der Waals surface area (Å²) in [5, 5.41) is 2.85. The SMILES string of the molecule is COc1cc(C)ccc1Oc1ccc(NC(=O)c2cccc(CN3CCCC3=O)c2)cn1. The average Bonchev–Trinajstić information content (AvgIpc) is 3.20. The standard InChI is InChI=1S/C25H25N3O4/c1-17-8-10-21(22(13-17)31-2)32-23-11-9-20(15-26-23)27-25(30)19-6-3-5-18(14-19)16-28-12-4-7-24(28)29/h3,5-6,8-11,13-15H,4,7,12,16H2,1-2H3,(H,27,30). The second kappa shape index (κ2) is 9.51. The zero-order chi connectivity index (χ0) is 22.5. The van der Waals surface area contributed by atoms with Crippen molar-refractivity contribution in [1.29, 1.82) is 0 Å². The second-order valence-corrected chi connectivity index (χ2v) is 7.71. The third-order valence-electron chi connectivity index (χ3n) is 5.26. The van der Waals surface area contributed by atoms with Gasteiger partial charge in [0.1, 0.15) is 0 Å². The zero-order valence-corrected chi connectivity index (χ0v) is 18.1. The number of carbonyl (C=O) groups is 2. The lowest BCUT2D eigenvalue weighted by atomic mass is 10.1. The summed E-state index contributed by atoms with van der Waals surface area (Å²) >= 11 is 0. The molecule has 7 nitrogen and oxygen atoms in total. The van der Waals surface area contributed by atoms with Crippen molar-refractivity contribution < 1.29 is 19.1 Å². The van der Waals surface area contributed by atoms with E-state index in [-0.39, 0.29) is 11.8 Å². The molecule has 0 spiro atoms. The molecule has 1 saturated heterocycles. The van der Waals surface area contributed by atoms with Gasteiger partial charge in [-0.3, -0.25) is 9.59 Å². The molecule has 4 rings (SSSR count). The van der Waals surface area contributed by atoms with E-state index in [1.54, 1.807) is 31.5 Å². The predicted molar refractivity (Wildman–Crippen MR) is 121 cm³/mol. The van der Waals surface area contributed by atoms with Gasteiger partial charge in [-0.25, -0.2) is 4.98 Å². The maximum absolute atomic E-state index is 12.7. The molecule has 0 unspecified atom stereocenters. The van der Waals surface area contributed by atoms with E-state index in [2.05, 4.69) is 10.3 Å². The van der Waals surface area contributed by atoms with E-state index in [9.17, 15) is 9.59 Å². The van der Waals surface area contributed by atoms with E-state index < -0.39 is 0 Å². The monoisotopic (exact) mass is 431 g/mol. The maximum Gasteiger partial charge on any atom is 0.255 e. The summed E-state index contributed by atoms with van der Waals surface area (Å²) in [6, 6.07) is 16.4. The molecular weight excluding hydrogens is 406 g/mol. The quantitative estimate of drug-likeness (QED) is 0.593. The van der Waals surface area contributed by atoms with Crippen LogP contribution in [0.3, 0.4) is 0 Å². The number of anilines is 1. The molecule has 0 radical (unpaired) electrons. The van der Waals surface area contributed by atoms with Crippen LogP contribution in [0.2, 0.25) is 0 Å².